The molecule has 2 heterocycles. The molecule has 0 bridgehead atoms. The maximum absolute atomic E-state index is 12.7. The van der Waals surface area contributed by atoms with Gasteiger partial charge in [-0.25, -0.2) is 0 Å². The minimum Gasteiger partial charge on any atom is -0.347 e. The van der Waals surface area contributed by atoms with Crippen LogP contribution in [-0.4, -0.2) is 82.0 Å². The number of amides is 3. The van der Waals surface area contributed by atoms with Crippen molar-refractivity contribution < 1.29 is 14.4 Å². The fourth-order valence-corrected chi connectivity index (χ4v) is 2.83. The normalized spacial score (nSPS) is 18.0. The van der Waals surface area contributed by atoms with Gasteiger partial charge in [-0.15, -0.1) is 0 Å². The van der Waals surface area contributed by atoms with E-state index in [0.29, 0.717) is 24.3 Å². The fourth-order valence-electron chi connectivity index (χ4n) is 2.83. The van der Waals surface area contributed by atoms with Crippen molar-refractivity contribution in [1.29, 1.82) is 0 Å². The van der Waals surface area contributed by atoms with Gasteiger partial charge in [-0.1, -0.05) is 0 Å². The Labute approximate surface area is 135 Å². The summed E-state index contributed by atoms with van der Waals surface area (Å²) in [5.41, 5.74) is 1.18. The second-order valence-corrected chi connectivity index (χ2v) is 6.01. The molecule has 2 rings (SSSR count). The zero-order valence-corrected chi connectivity index (χ0v) is 14.2. The summed E-state index contributed by atoms with van der Waals surface area (Å²) in [4.78, 5) is 41.4. The van der Waals surface area contributed by atoms with Crippen molar-refractivity contribution in [1.82, 2.24) is 24.5 Å². The van der Waals surface area contributed by atoms with Crippen LogP contribution in [0, 0.1) is 6.92 Å². The van der Waals surface area contributed by atoms with Crippen LogP contribution in [0.25, 0.3) is 0 Å². The highest BCUT2D eigenvalue weighted by Crippen LogP contribution is 2.16. The molecule has 1 atom stereocenters. The maximum Gasteiger partial charge on any atom is 0.257 e. The SMILES string of the molecule is CC(=O)N1CCN(C(=O)c2cn(C)nc2C)CC1C(=O)N(C)C. The molecule has 0 N–H and O–H groups in total. The zero-order valence-electron chi connectivity index (χ0n) is 14.2. The van der Waals surface area contributed by atoms with E-state index in [1.165, 1.54) is 16.7 Å². The van der Waals surface area contributed by atoms with Crippen LogP contribution >= 0.6 is 0 Å². The van der Waals surface area contributed by atoms with E-state index >= 15 is 0 Å². The largest absolute Gasteiger partial charge is 0.347 e. The number of nitrogens with zero attached hydrogens (tertiary/aromatic N) is 5. The van der Waals surface area contributed by atoms with Gasteiger partial charge < -0.3 is 14.7 Å². The van der Waals surface area contributed by atoms with Gasteiger partial charge in [0.25, 0.3) is 5.91 Å². The highest BCUT2D eigenvalue weighted by molar-refractivity contribution is 5.96. The van der Waals surface area contributed by atoms with E-state index in [2.05, 4.69) is 5.10 Å². The Kier molecular flexibility index (Phi) is 4.72. The third-order valence-corrected chi connectivity index (χ3v) is 4.04. The summed E-state index contributed by atoms with van der Waals surface area (Å²) < 4.78 is 1.59. The summed E-state index contributed by atoms with van der Waals surface area (Å²) in [5.74, 6) is -0.495. The molecule has 126 valence electrons. The minimum absolute atomic E-state index is 0.157. The molecule has 0 aliphatic carbocycles. The number of likely N-dealkylation sites (N-methyl/N-ethyl adjacent to an activating group) is 1. The lowest BCUT2D eigenvalue weighted by Crippen LogP contribution is -2.61. The Morgan fingerprint density at radius 2 is 1.91 bits per heavy atom. The minimum atomic E-state index is -0.642. The highest BCUT2D eigenvalue weighted by atomic mass is 16.2. The average Bonchev–Trinajstić information content (AvgIpc) is 2.83. The van der Waals surface area contributed by atoms with Crippen LogP contribution in [0.1, 0.15) is 23.0 Å². The second kappa shape index (κ2) is 6.39. The van der Waals surface area contributed by atoms with Gasteiger partial charge in [-0.05, 0) is 6.92 Å². The first kappa shape index (κ1) is 17.0. The molecule has 1 aromatic heterocycles. The molecule has 1 fully saturated rings. The molecule has 0 saturated carbocycles. The molecule has 0 spiro atoms. The van der Waals surface area contributed by atoms with Crippen LogP contribution in [-0.2, 0) is 16.6 Å². The Balaban J connectivity index is 2.23. The van der Waals surface area contributed by atoms with Gasteiger partial charge in [0.2, 0.25) is 11.8 Å². The first-order valence-corrected chi connectivity index (χ1v) is 7.50. The molecule has 1 unspecified atom stereocenters. The predicted octanol–water partition coefficient (Wildman–Crippen LogP) is -0.510. The molecule has 1 aliphatic heterocycles. The van der Waals surface area contributed by atoms with Crippen molar-refractivity contribution in [2.24, 2.45) is 7.05 Å². The molecule has 1 aromatic rings. The number of aromatic nitrogens is 2. The Morgan fingerprint density at radius 3 is 2.39 bits per heavy atom. The first-order chi connectivity index (χ1) is 10.7. The third-order valence-electron chi connectivity index (χ3n) is 4.04. The second-order valence-electron chi connectivity index (χ2n) is 6.01. The van der Waals surface area contributed by atoms with Gasteiger partial charge >= 0.3 is 0 Å². The lowest BCUT2D eigenvalue weighted by Gasteiger charge is -2.40. The predicted molar refractivity (Wildman–Crippen MR) is 83.7 cm³/mol. The molecule has 8 nitrogen and oxygen atoms in total. The number of hydrogen-bond donors (Lipinski definition) is 0. The quantitative estimate of drug-likeness (QED) is 0.735. The van der Waals surface area contributed by atoms with Crippen molar-refractivity contribution in [3.05, 3.63) is 17.5 Å². The van der Waals surface area contributed by atoms with Crippen LogP contribution in [0.4, 0.5) is 0 Å². The van der Waals surface area contributed by atoms with E-state index in [9.17, 15) is 14.4 Å². The van der Waals surface area contributed by atoms with Crippen LogP contribution < -0.4 is 0 Å². The molecular weight excluding hydrogens is 298 g/mol. The standard InChI is InChI=1S/C15H23N5O3/c1-10-12(8-18(5)16-10)14(22)19-6-7-20(11(2)21)13(9-19)15(23)17(3)4/h8,13H,6-7,9H2,1-5H3. The third kappa shape index (κ3) is 3.35. The summed E-state index contributed by atoms with van der Waals surface area (Å²) in [6.45, 7) is 4.18. The molecule has 3 amide bonds. The topological polar surface area (TPSA) is 78.8 Å². The van der Waals surface area contributed by atoms with Crippen LogP contribution in [0.2, 0.25) is 0 Å². The number of aryl methyl sites for hydroxylation is 2. The van der Waals surface area contributed by atoms with E-state index in [1.807, 2.05) is 0 Å². The van der Waals surface area contributed by atoms with Gasteiger partial charge in [-0.2, -0.15) is 5.10 Å². The van der Waals surface area contributed by atoms with Gasteiger partial charge in [0.05, 0.1) is 17.8 Å². The molecule has 8 heteroatoms. The monoisotopic (exact) mass is 321 g/mol. The van der Waals surface area contributed by atoms with Gasteiger partial charge in [-0.3, -0.25) is 19.1 Å². The summed E-state index contributed by atoms with van der Waals surface area (Å²) >= 11 is 0. The molecule has 0 aromatic carbocycles. The number of carbonyl (C=O) groups excluding carboxylic acids is 3. The van der Waals surface area contributed by atoms with Crippen LogP contribution in [0.15, 0.2) is 6.20 Å². The van der Waals surface area contributed by atoms with Gasteiger partial charge in [0.1, 0.15) is 6.04 Å². The Bertz CT molecular complexity index is 637. The van der Waals surface area contributed by atoms with E-state index < -0.39 is 6.04 Å². The number of rotatable bonds is 2. The van der Waals surface area contributed by atoms with Gasteiger partial charge in [0.15, 0.2) is 0 Å². The lowest BCUT2D eigenvalue weighted by molar-refractivity contribution is -0.146. The Hall–Kier alpha value is -2.38. The maximum atomic E-state index is 12.7. The number of hydrogen-bond acceptors (Lipinski definition) is 4. The van der Waals surface area contributed by atoms with Gasteiger partial charge in [0, 0.05) is 47.4 Å². The van der Waals surface area contributed by atoms with Crippen molar-refractivity contribution in [2.75, 3.05) is 33.7 Å². The molecule has 1 saturated heterocycles. The van der Waals surface area contributed by atoms with Crippen molar-refractivity contribution in [3.8, 4) is 0 Å². The van der Waals surface area contributed by atoms with E-state index in [-0.39, 0.29) is 24.3 Å². The van der Waals surface area contributed by atoms with Crippen molar-refractivity contribution in [2.45, 2.75) is 19.9 Å². The van der Waals surface area contributed by atoms with Crippen molar-refractivity contribution >= 4 is 17.7 Å². The van der Waals surface area contributed by atoms with Crippen LogP contribution in [0.3, 0.4) is 0 Å². The first-order valence-electron chi connectivity index (χ1n) is 7.50. The summed E-state index contributed by atoms with van der Waals surface area (Å²) in [5, 5.41) is 4.18. The van der Waals surface area contributed by atoms with E-state index in [1.54, 1.807) is 43.8 Å². The smallest absolute Gasteiger partial charge is 0.257 e. The molecular formula is C15H23N5O3. The fraction of sp³-hybridized carbons (Fsp3) is 0.600. The highest BCUT2D eigenvalue weighted by Gasteiger charge is 2.37. The summed E-state index contributed by atoms with van der Waals surface area (Å²) in [6.07, 6.45) is 1.68. The molecule has 1 aliphatic rings. The number of piperazine rings is 1. The summed E-state index contributed by atoms with van der Waals surface area (Å²) in [7, 11) is 5.05. The van der Waals surface area contributed by atoms with Crippen LogP contribution in [0.5, 0.6) is 0 Å². The van der Waals surface area contributed by atoms with E-state index in [4.69, 9.17) is 0 Å². The average molecular weight is 321 g/mol. The van der Waals surface area contributed by atoms with Crippen molar-refractivity contribution in [3.63, 3.8) is 0 Å². The summed E-state index contributed by atoms with van der Waals surface area (Å²) in [6, 6.07) is -0.642. The number of carbonyl (C=O) groups is 3. The molecule has 0 radical (unpaired) electrons. The zero-order chi connectivity index (χ0) is 17.3. The van der Waals surface area contributed by atoms with E-state index in [0.717, 1.165) is 0 Å². The lowest BCUT2D eigenvalue weighted by atomic mass is 10.1. The molecule has 23 heavy (non-hydrogen) atoms. The Morgan fingerprint density at radius 1 is 1.26 bits per heavy atom.